The van der Waals surface area contributed by atoms with E-state index in [2.05, 4.69) is 76.2 Å². The summed E-state index contributed by atoms with van der Waals surface area (Å²) >= 11 is 0. The van der Waals surface area contributed by atoms with E-state index < -0.39 is 0 Å². The minimum atomic E-state index is 0. The van der Waals surface area contributed by atoms with Gasteiger partial charge in [-0.1, -0.05) is 101 Å². The van der Waals surface area contributed by atoms with E-state index >= 15 is 0 Å². The SMILES string of the molecule is CCC1(C2c3ccc(C45CC6CC(CC(C6)C4)C5)cc3-c3cc(C45CC6CC(CC(C6)C4)C5)ccc32)C2=C(CC=C2)[C@@H](C2CCCCC2)C1C(C)(C)C.[Cl-].[Cl-].[Zr+2]. The Morgan fingerprint density at radius 1 is 0.625 bits per heavy atom. The molecule has 56 heavy (non-hydrogen) atoms. The zero-order chi connectivity index (χ0) is 35.5. The number of fused-ring (bicyclic) bond motifs is 3. The number of hydrogen-bond acceptors (Lipinski definition) is 0. The predicted molar refractivity (Wildman–Crippen MR) is 220 cm³/mol. The summed E-state index contributed by atoms with van der Waals surface area (Å²) in [6.45, 7) is 10.6. The van der Waals surface area contributed by atoms with Gasteiger partial charge in [-0.2, -0.15) is 0 Å². The number of rotatable bonds is 5. The quantitative estimate of drug-likeness (QED) is 0.284. The van der Waals surface area contributed by atoms with E-state index in [1.807, 2.05) is 5.57 Å². The third-order valence-corrected chi connectivity index (χ3v) is 19.3. The molecule has 0 heterocycles. The first-order valence-corrected chi connectivity index (χ1v) is 23.4. The Balaban J connectivity index is 0.00000137. The Morgan fingerprint density at radius 2 is 1.07 bits per heavy atom. The molecule has 0 N–H and O–H groups in total. The maximum atomic E-state index is 2.87. The van der Waals surface area contributed by atoms with Crippen LogP contribution in [-0.2, 0) is 37.0 Å². The Kier molecular flexibility index (Phi) is 10.4. The molecule has 2 aromatic rings. The minimum absolute atomic E-state index is 0. The number of allylic oxidation sites excluding steroid dienone is 4. The van der Waals surface area contributed by atoms with Gasteiger partial charge in [-0.05, 0) is 211 Å². The fourth-order valence-electron chi connectivity index (χ4n) is 18.7. The summed E-state index contributed by atoms with van der Waals surface area (Å²) in [5, 5.41) is 0. The maximum Gasteiger partial charge on any atom is 2.00 e. The molecule has 12 aliphatic rings. The van der Waals surface area contributed by atoms with Crippen molar-refractivity contribution < 1.29 is 51.0 Å². The van der Waals surface area contributed by atoms with Crippen LogP contribution in [0.5, 0.6) is 0 Å². The van der Waals surface area contributed by atoms with Crippen LogP contribution in [0.4, 0.5) is 0 Å². The largest absolute Gasteiger partial charge is 2.00 e. The van der Waals surface area contributed by atoms with Crippen molar-refractivity contribution in [2.45, 2.75) is 166 Å². The normalized spacial score (nSPS) is 42.2. The molecule has 3 heteroatoms. The first-order chi connectivity index (χ1) is 25.7. The minimum Gasteiger partial charge on any atom is -1.00 e. The van der Waals surface area contributed by atoms with E-state index in [-0.39, 0.29) is 61.8 Å². The Morgan fingerprint density at radius 3 is 1.48 bits per heavy atom. The van der Waals surface area contributed by atoms with Crippen molar-refractivity contribution in [3.05, 3.63) is 82.0 Å². The molecule has 9 fully saturated rings. The molecular formula is C53H68Cl2Zr. The van der Waals surface area contributed by atoms with Crippen LogP contribution in [0.15, 0.2) is 59.7 Å². The average Bonchev–Trinajstić information content (AvgIpc) is 3.81. The van der Waals surface area contributed by atoms with Gasteiger partial charge < -0.3 is 24.8 Å². The third-order valence-electron chi connectivity index (χ3n) is 19.3. The van der Waals surface area contributed by atoms with Crippen molar-refractivity contribution in [2.75, 3.05) is 0 Å². The summed E-state index contributed by atoms with van der Waals surface area (Å²) in [7, 11) is 0. The van der Waals surface area contributed by atoms with Gasteiger partial charge in [0.15, 0.2) is 0 Å². The van der Waals surface area contributed by atoms with Crippen molar-refractivity contribution in [3.8, 4) is 11.1 Å². The Labute approximate surface area is 372 Å². The number of benzene rings is 2. The first-order valence-electron chi connectivity index (χ1n) is 23.4. The van der Waals surface area contributed by atoms with Gasteiger partial charge in [0.05, 0.1) is 0 Å². The molecule has 0 radical (unpaired) electrons. The molecule has 9 saturated carbocycles. The fourth-order valence-corrected chi connectivity index (χ4v) is 18.7. The van der Waals surface area contributed by atoms with Crippen LogP contribution in [0.1, 0.15) is 178 Å². The molecular weight excluding hydrogens is 799 g/mol. The maximum absolute atomic E-state index is 2.87. The van der Waals surface area contributed by atoms with Crippen LogP contribution in [0.3, 0.4) is 0 Å². The zero-order valence-corrected chi connectivity index (χ0v) is 39.1. The molecule has 2 unspecified atom stereocenters. The Bertz CT molecular complexity index is 1750. The van der Waals surface area contributed by atoms with Crippen molar-refractivity contribution >= 4 is 0 Å². The van der Waals surface area contributed by atoms with Crippen LogP contribution < -0.4 is 24.8 Å². The molecule has 0 nitrogen and oxygen atoms in total. The second-order valence-electron chi connectivity index (χ2n) is 23.1. The van der Waals surface area contributed by atoms with Gasteiger partial charge in [0.25, 0.3) is 0 Å². The Hall–Kier alpha value is -0.617. The number of halogens is 2. The predicted octanol–water partition coefficient (Wildman–Crippen LogP) is 8.27. The molecule has 0 aromatic heterocycles. The van der Waals surface area contributed by atoms with Crippen LogP contribution in [-0.4, -0.2) is 0 Å². The van der Waals surface area contributed by atoms with Gasteiger partial charge in [0.2, 0.25) is 0 Å². The van der Waals surface area contributed by atoms with Gasteiger partial charge >= 0.3 is 26.2 Å². The molecule has 14 rings (SSSR count). The summed E-state index contributed by atoms with van der Waals surface area (Å²) in [5.41, 5.74) is 15.2. The molecule has 0 amide bonds. The topological polar surface area (TPSA) is 0 Å². The summed E-state index contributed by atoms with van der Waals surface area (Å²) in [5.74, 6) is 8.67. The fraction of sp³-hybridized carbons (Fsp3) is 0.698. The van der Waals surface area contributed by atoms with Crippen molar-refractivity contribution in [1.82, 2.24) is 0 Å². The van der Waals surface area contributed by atoms with Gasteiger partial charge in [-0.25, -0.2) is 0 Å². The second kappa shape index (κ2) is 14.2. The van der Waals surface area contributed by atoms with E-state index in [0.717, 1.165) is 47.3 Å². The van der Waals surface area contributed by atoms with Crippen LogP contribution in [0.2, 0.25) is 0 Å². The van der Waals surface area contributed by atoms with Gasteiger partial charge in [-0.3, -0.25) is 0 Å². The van der Waals surface area contributed by atoms with Crippen molar-refractivity contribution in [3.63, 3.8) is 0 Å². The van der Waals surface area contributed by atoms with E-state index in [1.54, 1.807) is 39.0 Å². The molecule has 2 aromatic carbocycles. The monoisotopic (exact) mass is 864 g/mol. The average molecular weight is 867 g/mol. The molecule has 0 spiro atoms. The van der Waals surface area contributed by atoms with E-state index in [4.69, 9.17) is 0 Å². The van der Waals surface area contributed by atoms with Crippen LogP contribution >= 0.6 is 0 Å². The second-order valence-corrected chi connectivity index (χ2v) is 23.1. The third kappa shape index (κ3) is 5.69. The van der Waals surface area contributed by atoms with Gasteiger partial charge in [-0.15, -0.1) is 0 Å². The van der Waals surface area contributed by atoms with Gasteiger partial charge in [0, 0.05) is 11.3 Å². The smallest absolute Gasteiger partial charge is 1.00 e. The summed E-state index contributed by atoms with van der Waals surface area (Å²) in [6.07, 6.45) is 33.0. The summed E-state index contributed by atoms with van der Waals surface area (Å²) < 4.78 is 0. The molecule has 298 valence electrons. The first kappa shape index (κ1) is 40.8. The van der Waals surface area contributed by atoms with Crippen LogP contribution in [0.25, 0.3) is 11.1 Å². The molecule has 12 aliphatic carbocycles. The zero-order valence-electron chi connectivity index (χ0n) is 35.1. The van der Waals surface area contributed by atoms with E-state index in [0.29, 0.717) is 22.7 Å². The standard InChI is InChI=1S/C53H68.2ClH.Zr/c1-5-53(46-13-9-12-43(46)47(49(53)50(2,3)4)38-10-7-6-8-11-38)48-41-16-14-39(51-26-32-18-33(27-51)20-34(19-32)28-51)24-44(41)45-25-40(15-17-42(45)48)52-29-35-21-36(30-52)23-37(22-35)31-52;;;/h9,13-17,24-25,32-38,47-49H,5-8,10-12,18-23,26-31H2,1-4H3;2*1H;/q;;;+2/p-2/t32?,33?,34?,35?,36?,37?,47-,48?,49?,51?,52?,53?;;;/m1.../s1. The summed E-state index contributed by atoms with van der Waals surface area (Å²) in [4.78, 5) is 0. The molecule has 3 atom stereocenters. The molecule has 8 bridgehead atoms. The van der Waals surface area contributed by atoms with Gasteiger partial charge in [0.1, 0.15) is 0 Å². The molecule has 0 aliphatic heterocycles. The number of hydrogen-bond donors (Lipinski definition) is 0. The van der Waals surface area contributed by atoms with Crippen molar-refractivity contribution in [2.24, 2.45) is 64.1 Å². The van der Waals surface area contributed by atoms with E-state index in [1.165, 1.54) is 122 Å². The van der Waals surface area contributed by atoms with Crippen LogP contribution in [0, 0.1) is 64.1 Å². The van der Waals surface area contributed by atoms with E-state index in [9.17, 15) is 0 Å². The van der Waals surface area contributed by atoms with Crippen molar-refractivity contribution in [1.29, 1.82) is 0 Å². The molecule has 0 saturated heterocycles. The summed E-state index contributed by atoms with van der Waals surface area (Å²) in [6, 6.07) is 16.7.